The van der Waals surface area contributed by atoms with Crippen molar-refractivity contribution in [2.75, 3.05) is 18.5 Å². The van der Waals surface area contributed by atoms with Gasteiger partial charge >= 0.3 is 5.69 Å². The minimum Gasteiger partial charge on any atom is -0.487 e. The van der Waals surface area contributed by atoms with Crippen molar-refractivity contribution < 1.29 is 9.66 Å². The summed E-state index contributed by atoms with van der Waals surface area (Å²) in [4.78, 5) is 10.9. The van der Waals surface area contributed by atoms with Crippen molar-refractivity contribution >= 4 is 11.4 Å². The highest BCUT2D eigenvalue weighted by atomic mass is 16.6. The van der Waals surface area contributed by atoms with Crippen molar-refractivity contribution in [3.8, 4) is 5.75 Å². The standard InChI is InChI=1S/C15H24N2O3/c1-5-10-16-12-7-6-8-13(14(12)17(18)19)20-11-9-15(2,3)4/h6-8,16H,5,9-11H2,1-4H3. The zero-order valence-electron chi connectivity index (χ0n) is 12.7. The molecule has 112 valence electrons. The van der Waals surface area contributed by atoms with Gasteiger partial charge in [0.05, 0.1) is 11.5 Å². The minimum atomic E-state index is -0.385. The number of para-hydroxylation sites is 1. The topological polar surface area (TPSA) is 64.4 Å². The highest BCUT2D eigenvalue weighted by molar-refractivity contribution is 5.68. The fraction of sp³-hybridized carbons (Fsp3) is 0.600. The van der Waals surface area contributed by atoms with Gasteiger partial charge < -0.3 is 10.1 Å². The second-order valence-corrected chi connectivity index (χ2v) is 6.00. The Bertz CT molecular complexity index is 453. The first-order valence-corrected chi connectivity index (χ1v) is 6.99. The Morgan fingerprint density at radius 3 is 2.60 bits per heavy atom. The zero-order chi connectivity index (χ0) is 15.2. The maximum Gasteiger partial charge on any atom is 0.333 e. The number of nitro benzene ring substituents is 1. The molecule has 0 heterocycles. The molecule has 0 saturated carbocycles. The summed E-state index contributed by atoms with van der Waals surface area (Å²) in [6.45, 7) is 9.54. The lowest BCUT2D eigenvalue weighted by molar-refractivity contribution is -0.385. The van der Waals surface area contributed by atoms with Crippen LogP contribution in [-0.4, -0.2) is 18.1 Å². The summed E-state index contributed by atoms with van der Waals surface area (Å²) < 4.78 is 5.61. The fourth-order valence-corrected chi connectivity index (χ4v) is 1.70. The Morgan fingerprint density at radius 1 is 1.35 bits per heavy atom. The molecule has 0 unspecified atom stereocenters. The minimum absolute atomic E-state index is 0.0230. The molecular formula is C15H24N2O3. The molecule has 5 nitrogen and oxygen atoms in total. The quantitative estimate of drug-likeness (QED) is 0.599. The SMILES string of the molecule is CCCNc1cccc(OCCC(C)(C)C)c1[N+](=O)[O-]. The summed E-state index contributed by atoms with van der Waals surface area (Å²) in [6.07, 6.45) is 1.75. The van der Waals surface area contributed by atoms with Crippen LogP contribution in [0.4, 0.5) is 11.4 Å². The predicted molar refractivity (Wildman–Crippen MR) is 81.4 cm³/mol. The van der Waals surface area contributed by atoms with E-state index in [0.717, 1.165) is 12.8 Å². The third-order valence-electron chi connectivity index (χ3n) is 2.86. The summed E-state index contributed by atoms with van der Waals surface area (Å²) in [5.41, 5.74) is 0.687. The van der Waals surface area contributed by atoms with Gasteiger partial charge in [-0.3, -0.25) is 10.1 Å². The number of nitrogens with one attached hydrogen (secondary N) is 1. The molecule has 0 fully saturated rings. The third-order valence-corrected chi connectivity index (χ3v) is 2.86. The molecule has 1 rings (SSSR count). The van der Waals surface area contributed by atoms with Crippen LogP contribution < -0.4 is 10.1 Å². The van der Waals surface area contributed by atoms with Crippen molar-refractivity contribution in [3.05, 3.63) is 28.3 Å². The average molecular weight is 280 g/mol. The van der Waals surface area contributed by atoms with Gasteiger partial charge in [-0.2, -0.15) is 0 Å². The lowest BCUT2D eigenvalue weighted by Gasteiger charge is -2.18. The fourth-order valence-electron chi connectivity index (χ4n) is 1.70. The van der Waals surface area contributed by atoms with E-state index in [9.17, 15) is 10.1 Å². The summed E-state index contributed by atoms with van der Waals surface area (Å²) in [7, 11) is 0. The van der Waals surface area contributed by atoms with E-state index in [2.05, 4.69) is 26.1 Å². The molecule has 0 bridgehead atoms. The monoisotopic (exact) mass is 280 g/mol. The highest BCUT2D eigenvalue weighted by Gasteiger charge is 2.21. The molecular weight excluding hydrogens is 256 g/mol. The first kappa shape index (κ1) is 16.3. The smallest absolute Gasteiger partial charge is 0.333 e. The summed E-state index contributed by atoms with van der Waals surface area (Å²) >= 11 is 0. The molecule has 0 radical (unpaired) electrons. The third kappa shape index (κ3) is 5.07. The zero-order valence-corrected chi connectivity index (χ0v) is 12.7. The number of ether oxygens (including phenoxy) is 1. The predicted octanol–water partition coefficient (Wildman–Crippen LogP) is 4.23. The second-order valence-electron chi connectivity index (χ2n) is 6.00. The van der Waals surface area contributed by atoms with Gasteiger partial charge in [-0.15, -0.1) is 0 Å². The second kappa shape index (κ2) is 7.12. The van der Waals surface area contributed by atoms with Crippen LogP contribution in [0.5, 0.6) is 5.75 Å². The van der Waals surface area contributed by atoms with E-state index in [4.69, 9.17) is 4.74 Å². The van der Waals surface area contributed by atoms with Crippen molar-refractivity contribution in [2.24, 2.45) is 5.41 Å². The molecule has 1 aromatic rings. The van der Waals surface area contributed by atoms with E-state index in [1.165, 1.54) is 0 Å². The number of rotatable bonds is 7. The van der Waals surface area contributed by atoms with E-state index in [1.54, 1.807) is 18.2 Å². The van der Waals surface area contributed by atoms with Crippen molar-refractivity contribution in [3.63, 3.8) is 0 Å². The molecule has 0 saturated heterocycles. The van der Waals surface area contributed by atoms with Crippen LogP contribution in [0.25, 0.3) is 0 Å². The molecule has 0 amide bonds. The number of hydrogen-bond donors (Lipinski definition) is 1. The maximum absolute atomic E-state index is 11.3. The lowest BCUT2D eigenvalue weighted by Crippen LogP contribution is -2.12. The molecule has 5 heteroatoms. The van der Waals surface area contributed by atoms with Gasteiger partial charge in [0.15, 0.2) is 5.75 Å². The van der Waals surface area contributed by atoms with Crippen LogP contribution >= 0.6 is 0 Å². The first-order chi connectivity index (χ1) is 9.35. The van der Waals surface area contributed by atoms with Gasteiger partial charge in [0, 0.05) is 6.54 Å². The molecule has 0 aromatic heterocycles. The molecule has 0 aliphatic heterocycles. The van der Waals surface area contributed by atoms with E-state index in [1.807, 2.05) is 6.92 Å². The normalized spacial score (nSPS) is 11.2. The molecule has 20 heavy (non-hydrogen) atoms. The number of benzene rings is 1. The summed E-state index contributed by atoms with van der Waals surface area (Å²) in [5, 5.41) is 14.3. The summed E-state index contributed by atoms with van der Waals surface area (Å²) in [5.74, 6) is 0.334. The highest BCUT2D eigenvalue weighted by Crippen LogP contribution is 2.35. The Kier molecular flexibility index (Phi) is 5.80. The lowest BCUT2D eigenvalue weighted by atomic mass is 9.93. The Labute approximate surface area is 120 Å². The summed E-state index contributed by atoms with van der Waals surface area (Å²) in [6, 6.07) is 5.14. The van der Waals surface area contributed by atoms with E-state index >= 15 is 0 Å². The van der Waals surface area contributed by atoms with Gasteiger partial charge in [-0.05, 0) is 30.4 Å². The van der Waals surface area contributed by atoms with E-state index < -0.39 is 0 Å². The largest absolute Gasteiger partial charge is 0.487 e. The molecule has 0 atom stereocenters. The molecule has 0 spiro atoms. The van der Waals surface area contributed by atoms with Crippen molar-refractivity contribution in [1.82, 2.24) is 0 Å². The average Bonchev–Trinajstić information content (AvgIpc) is 2.34. The van der Waals surface area contributed by atoms with Crippen LogP contribution in [0.2, 0.25) is 0 Å². The number of nitrogens with zero attached hydrogens (tertiary/aromatic N) is 1. The van der Waals surface area contributed by atoms with Crippen molar-refractivity contribution in [1.29, 1.82) is 0 Å². The van der Waals surface area contributed by atoms with Gasteiger partial charge in [-0.25, -0.2) is 0 Å². The van der Waals surface area contributed by atoms with Gasteiger partial charge in [-0.1, -0.05) is 33.8 Å². The van der Waals surface area contributed by atoms with Gasteiger partial charge in [0.2, 0.25) is 0 Å². The van der Waals surface area contributed by atoms with E-state index in [-0.39, 0.29) is 16.0 Å². The van der Waals surface area contributed by atoms with Crippen LogP contribution in [-0.2, 0) is 0 Å². The number of hydrogen-bond acceptors (Lipinski definition) is 4. The van der Waals surface area contributed by atoms with Crippen molar-refractivity contribution in [2.45, 2.75) is 40.5 Å². The Hall–Kier alpha value is -1.78. The van der Waals surface area contributed by atoms with Crippen LogP contribution in [0.1, 0.15) is 40.5 Å². The Morgan fingerprint density at radius 2 is 2.05 bits per heavy atom. The van der Waals surface area contributed by atoms with Gasteiger partial charge in [0.25, 0.3) is 0 Å². The van der Waals surface area contributed by atoms with Crippen LogP contribution in [0.15, 0.2) is 18.2 Å². The van der Waals surface area contributed by atoms with Gasteiger partial charge in [0.1, 0.15) is 5.69 Å². The molecule has 0 aliphatic rings. The molecule has 1 N–H and O–H groups in total. The first-order valence-electron chi connectivity index (χ1n) is 6.99. The van der Waals surface area contributed by atoms with Crippen LogP contribution in [0, 0.1) is 15.5 Å². The number of anilines is 1. The Balaban J connectivity index is 2.86. The molecule has 0 aliphatic carbocycles. The number of nitro groups is 1. The van der Waals surface area contributed by atoms with Crippen LogP contribution in [0.3, 0.4) is 0 Å². The van der Waals surface area contributed by atoms with E-state index in [0.29, 0.717) is 24.6 Å². The maximum atomic E-state index is 11.3. The molecule has 1 aromatic carbocycles.